The number of halogens is 1. The largest absolute Gasteiger partial charge is 0.461 e. The number of nitrogens with one attached hydrogen (secondary N) is 2. The smallest absolute Gasteiger partial charge is 0.411 e. The molecule has 2 aromatic carbocycles. The summed E-state index contributed by atoms with van der Waals surface area (Å²) in [5, 5.41) is 6.36. The second-order valence-electron chi connectivity index (χ2n) is 7.17. The minimum Gasteiger partial charge on any atom is -0.461 e. The van der Waals surface area contributed by atoms with E-state index >= 15 is 0 Å². The molecule has 0 spiro atoms. The van der Waals surface area contributed by atoms with Crippen LogP contribution in [0.3, 0.4) is 0 Å². The molecule has 0 saturated carbocycles. The Hall–Kier alpha value is -3.85. The monoisotopic (exact) mass is 486 g/mol. The van der Waals surface area contributed by atoms with Crippen LogP contribution in [0.5, 0.6) is 0 Å². The summed E-state index contributed by atoms with van der Waals surface area (Å²) in [6.07, 6.45) is -0.147. The van der Waals surface area contributed by atoms with Gasteiger partial charge in [-0.15, -0.1) is 0 Å². The van der Waals surface area contributed by atoms with Gasteiger partial charge in [-0.2, -0.15) is 0 Å². The second-order valence-corrected chi connectivity index (χ2v) is 7.61. The topological polar surface area (TPSA) is 124 Å². The van der Waals surface area contributed by atoms with E-state index in [2.05, 4.69) is 10.6 Å². The number of rotatable bonds is 9. The number of carbonyl (C=O) groups is 3. The molecule has 1 heterocycles. The number of hydrogen-bond acceptors (Lipinski definition) is 7. The first-order chi connectivity index (χ1) is 16.4. The molecule has 3 aromatic rings. The van der Waals surface area contributed by atoms with Gasteiger partial charge in [-0.1, -0.05) is 11.6 Å². The standard InChI is InChI=1S/C24H23ClN2O7/c1-2-32-24(31)27-18-9-10-19-16(12-22(29)34-20(19)13-18)14-33-21(28)4-3-11-26-23(30)15-5-7-17(25)8-6-15/h5-10,12-13H,2-4,11,14H2,1H3,(H,26,30)(H,27,31). The molecule has 0 saturated heterocycles. The molecule has 0 bridgehead atoms. The molecule has 0 unspecified atom stereocenters. The van der Waals surface area contributed by atoms with Gasteiger partial charge in [-0.25, -0.2) is 9.59 Å². The molecule has 2 N–H and O–H groups in total. The number of benzene rings is 2. The lowest BCUT2D eigenvalue weighted by Gasteiger charge is -2.09. The number of fused-ring (bicyclic) bond motifs is 1. The van der Waals surface area contributed by atoms with Crippen molar-refractivity contribution in [1.82, 2.24) is 5.32 Å². The Balaban J connectivity index is 1.51. The highest BCUT2D eigenvalue weighted by Gasteiger charge is 2.11. The number of amides is 2. The Labute approximate surface area is 200 Å². The Morgan fingerprint density at radius 3 is 2.53 bits per heavy atom. The van der Waals surface area contributed by atoms with Crippen molar-refractivity contribution in [3.05, 3.63) is 75.1 Å². The molecule has 34 heavy (non-hydrogen) atoms. The first-order valence-electron chi connectivity index (χ1n) is 10.6. The maximum Gasteiger partial charge on any atom is 0.411 e. The molecule has 178 valence electrons. The third kappa shape index (κ3) is 7.08. The lowest BCUT2D eigenvalue weighted by atomic mass is 10.1. The highest BCUT2D eigenvalue weighted by atomic mass is 35.5. The van der Waals surface area contributed by atoms with E-state index in [1.54, 1.807) is 43.3 Å². The average Bonchev–Trinajstić information content (AvgIpc) is 2.80. The molecule has 0 aliphatic rings. The molecule has 9 nitrogen and oxygen atoms in total. The van der Waals surface area contributed by atoms with Gasteiger partial charge in [0.2, 0.25) is 0 Å². The molecule has 0 aliphatic heterocycles. The van der Waals surface area contributed by atoms with Crippen molar-refractivity contribution in [3.63, 3.8) is 0 Å². The van der Waals surface area contributed by atoms with Crippen LogP contribution >= 0.6 is 11.6 Å². The molecule has 1 aromatic heterocycles. The van der Waals surface area contributed by atoms with E-state index in [1.807, 2.05) is 0 Å². The molecule has 3 rings (SSSR count). The van der Waals surface area contributed by atoms with Gasteiger partial charge in [-0.3, -0.25) is 14.9 Å². The molecular formula is C24H23ClN2O7. The molecular weight excluding hydrogens is 464 g/mol. The maximum absolute atomic E-state index is 12.1. The minimum atomic E-state index is -0.626. The summed E-state index contributed by atoms with van der Waals surface area (Å²) in [4.78, 5) is 47.7. The zero-order valence-corrected chi connectivity index (χ0v) is 19.1. The fourth-order valence-corrected chi connectivity index (χ4v) is 3.21. The summed E-state index contributed by atoms with van der Waals surface area (Å²) >= 11 is 5.80. The first kappa shape index (κ1) is 24.8. The van der Waals surface area contributed by atoms with Crippen molar-refractivity contribution in [1.29, 1.82) is 0 Å². The Morgan fingerprint density at radius 2 is 1.79 bits per heavy atom. The van der Waals surface area contributed by atoms with Crippen LogP contribution in [0.1, 0.15) is 35.7 Å². The van der Waals surface area contributed by atoms with Gasteiger partial charge in [-0.05, 0) is 49.7 Å². The fraction of sp³-hybridized carbons (Fsp3) is 0.250. The van der Waals surface area contributed by atoms with E-state index in [0.717, 1.165) is 0 Å². The SMILES string of the molecule is CCOC(=O)Nc1ccc2c(COC(=O)CCCNC(=O)c3ccc(Cl)cc3)cc(=O)oc2c1. The molecule has 10 heteroatoms. The number of esters is 1. The Kier molecular flexibility index (Phi) is 8.64. The summed E-state index contributed by atoms with van der Waals surface area (Å²) in [6, 6.07) is 12.5. The zero-order valence-electron chi connectivity index (χ0n) is 18.4. The Bertz CT molecular complexity index is 1240. The normalized spacial score (nSPS) is 10.5. The van der Waals surface area contributed by atoms with E-state index in [9.17, 15) is 19.2 Å². The quantitative estimate of drug-likeness (QED) is 0.263. The molecule has 0 radical (unpaired) electrons. The van der Waals surface area contributed by atoms with E-state index in [4.69, 9.17) is 25.5 Å². The molecule has 2 amide bonds. The van der Waals surface area contributed by atoms with Gasteiger partial charge in [0.05, 0.1) is 6.61 Å². The van der Waals surface area contributed by atoms with Crippen LogP contribution in [-0.4, -0.2) is 31.1 Å². The van der Waals surface area contributed by atoms with E-state index in [1.165, 1.54) is 12.1 Å². The van der Waals surface area contributed by atoms with E-state index < -0.39 is 17.7 Å². The highest BCUT2D eigenvalue weighted by molar-refractivity contribution is 6.30. The van der Waals surface area contributed by atoms with Crippen LogP contribution in [0.2, 0.25) is 5.02 Å². The predicted octanol–water partition coefficient (Wildman–Crippen LogP) is 4.27. The van der Waals surface area contributed by atoms with Gasteiger partial charge in [0.15, 0.2) is 0 Å². The van der Waals surface area contributed by atoms with Crippen molar-refractivity contribution < 1.29 is 28.3 Å². The van der Waals surface area contributed by atoms with Crippen LogP contribution in [0, 0.1) is 0 Å². The van der Waals surface area contributed by atoms with Crippen molar-refractivity contribution >= 4 is 46.2 Å². The fourth-order valence-electron chi connectivity index (χ4n) is 3.08. The van der Waals surface area contributed by atoms with Gasteiger partial charge < -0.3 is 19.2 Å². The summed E-state index contributed by atoms with van der Waals surface area (Å²) in [6.45, 7) is 2.08. The third-order valence-electron chi connectivity index (χ3n) is 4.69. The van der Waals surface area contributed by atoms with E-state index in [0.29, 0.717) is 40.2 Å². The summed E-state index contributed by atoms with van der Waals surface area (Å²) in [5.41, 5.74) is 0.957. The van der Waals surface area contributed by atoms with Crippen LogP contribution in [0.25, 0.3) is 11.0 Å². The van der Waals surface area contributed by atoms with Crippen LogP contribution < -0.4 is 16.3 Å². The second kappa shape index (κ2) is 11.9. The predicted molar refractivity (Wildman–Crippen MR) is 126 cm³/mol. The van der Waals surface area contributed by atoms with Crippen LogP contribution in [0.4, 0.5) is 10.5 Å². The average molecular weight is 487 g/mol. The van der Waals surface area contributed by atoms with Gasteiger partial charge in [0.25, 0.3) is 5.91 Å². The zero-order chi connectivity index (χ0) is 24.5. The number of hydrogen-bond donors (Lipinski definition) is 2. The highest BCUT2D eigenvalue weighted by Crippen LogP contribution is 2.22. The van der Waals surface area contributed by atoms with E-state index in [-0.39, 0.29) is 31.1 Å². The number of carbonyl (C=O) groups excluding carboxylic acids is 3. The van der Waals surface area contributed by atoms with Gasteiger partial charge >= 0.3 is 17.7 Å². The Morgan fingerprint density at radius 1 is 1.03 bits per heavy atom. The lowest BCUT2D eigenvalue weighted by Crippen LogP contribution is -2.25. The minimum absolute atomic E-state index is 0.0912. The van der Waals surface area contributed by atoms with Crippen molar-refractivity contribution in [2.45, 2.75) is 26.4 Å². The lowest BCUT2D eigenvalue weighted by molar-refractivity contribution is -0.145. The summed E-state index contributed by atoms with van der Waals surface area (Å²) in [7, 11) is 0. The van der Waals surface area contributed by atoms with Crippen molar-refractivity contribution in [3.8, 4) is 0 Å². The van der Waals surface area contributed by atoms with Gasteiger partial charge in [0, 0.05) is 52.3 Å². The number of anilines is 1. The molecule has 0 fully saturated rings. The first-order valence-corrected chi connectivity index (χ1v) is 10.9. The molecule has 0 atom stereocenters. The van der Waals surface area contributed by atoms with Crippen LogP contribution in [-0.2, 0) is 20.9 Å². The summed E-state index contributed by atoms with van der Waals surface area (Å²) in [5.74, 6) is -0.730. The third-order valence-corrected chi connectivity index (χ3v) is 4.94. The van der Waals surface area contributed by atoms with Crippen molar-refractivity contribution in [2.24, 2.45) is 0 Å². The van der Waals surface area contributed by atoms with Gasteiger partial charge in [0.1, 0.15) is 12.2 Å². The number of ether oxygens (including phenoxy) is 2. The molecule has 0 aliphatic carbocycles. The van der Waals surface area contributed by atoms with Crippen molar-refractivity contribution in [2.75, 3.05) is 18.5 Å². The van der Waals surface area contributed by atoms with Crippen LogP contribution in [0.15, 0.2) is 57.7 Å². The summed E-state index contributed by atoms with van der Waals surface area (Å²) < 4.78 is 15.3. The maximum atomic E-state index is 12.1.